The average Bonchev–Trinajstić information content (AvgIpc) is 1.46. The van der Waals surface area contributed by atoms with Crippen molar-refractivity contribution in [2.75, 3.05) is 0 Å². The van der Waals surface area contributed by atoms with Gasteiger partial charge < -0.3 is 18.9 Å². The van der Waals surface area contributed by atoms with Gasteiger partial charge in [0, 0.05) is 0 Å². The molecule has 129 heavy (non-hydrogen) atoms. The predicted octanol–water partition coefficient (Wildman–Crippen LogP) is 30.4. The van der Waals surface area contributed by atoms with E-state index in [1.807, 2.05) is 0 Å². The fraction of sp³-hybridized carbons (Fsp3) is 0.385. The molecule has 0 radical (unpaired) electrons. The Bertz CT molecular complexity index is 5450. The highest BCUT2D eigenvalue weighted by atomic mass is 16.5. The van der Waals surface area contributed by atoms with Crippen LogP contribution < -0.4 is 18.9 Å². The van der Waals surface area contributed by atoms with Crippen molar-refractivity contribution in [2.24, 2.45) is 20.0 Å². The number of hydrogen-bond acceptors (Lipinski definition) is 8. The number of unbranched alkanes of at least 4 members (excludes halogenated alkanes) is 24. The Morgan fingerprint density at radius 2 is 0.473 bits per heavy atom. The number of rotatable bonds is 56. The first kappa shape index (κ1) is 90.6. The highest BCUT2D eigenvalue weighted by molar-refractivity contribution is 6.31. The van der Waals surface area contributed by atoms with Crippen LogP contribution in [-0.2, 0) is 25.7 Å². The van der Waals surface area contributed by atoms with Gasteiger partial charge in [0.1, 0.15) is 68.2 Å². The molecule has 0 saturated heterocycles. The number of allylic oxidation sites excluding steroid dienone is 16. The maximum Gasteiger partial charge on any atom is 0.491 e. The van der Waals surface area contributed by atoms with E-state index in [0.29, 0.717) is 46.3 Å². The number of aryl methyl sites for hydroxylation is 4. The first-order valence-corrected chi connectivity index (χ1v) is 49.8. The summed E-state index contributed by atoms with van der Waals surface area (Å²) < 4.78 is 39.1. The molecule has 12 heteroatoms. The predicted molar refractivity (Wildman–Crippen MR) is 535 cm³/mol. The number of aliphatic imine (C=N–C) groups is 4. The smallest absolute Gasteiger partial charge is 0.456 e. The van der Waals surface area contributed by atoms with E-state index in [4.69, 9.17) is 38.9 Å². The maximum atomic E-state index is 7.40. The van der Waals surface area contributed by atoms with Gasteiger partial charge in [0.2, 0.25) is 0 Å². The molecule has 8 aliphatic heterocycles. The molecule has 8 heterocycles. The van der Waals surface area contributed by atoms with Crippen LogP contribution in [0.5, 0.6) is 46.0 Å². The van der Waals surface area contributed by atoms with Crippen LogP contribution in [0.3, 0.4) is 0 Å². The van der Waals surface area contributed by atoms with Gasteiger partial charge in [-0.2, -0.15) is 0 Å². The summed E-state index contributed by atoms with van der Waals surface area (Å²) in [6.45, 7) is 8.93. The van der Waals surface area contributed by atoms with Crippen molar-refractivity contribution in [1.29, 1.82) is 0 Å². The van der Waals surface area contributed by atoms with Gasteiger partial charge in [-0.15, -0.1) is 18.3 Å². The van der Waals surface area contributed by atoms with E-state index in [1.54, 1.807) is 0 Å². The zero-order valence-corrected chi connectivity index (χ0v) is 77.4. The number of hydrogen-bond donors (Lipinski definition) is 0. The Morgan fingerprint density at radius 3 is 0.767 bits per heavy atom. The Balaban J connectivity index is 0.749. The average molecular weight is 1720 g/mol. The van der Waals surface area contributed by atoms with Crippen LogP contribution in [0, 0.1) is 0 Å². The molecule has 0 bridgehead atoms. The van der Waals surface area contributed by atoms with E-state index in [9.17, 15) is 0 Å². The van der Waals surface area contributed by atoms with Crippen molar-refractivity contribution in [2.45, 2.75) is 290 Å². The lowest BCUT2D eigenvalue weighted by molar-refractivity contribution is -1.06. The molecule has 1 spiro atoms. The van der Waals surface area contributed by atoms with Crippen LogP contribution in [-0.4, -0.2) is 70.9 Å². The summed E-state index contributed by atoms with van der Waals surface area (Å²) in [4.78, 5) is 24.2. The quantitative estimate of drug-likeness (QED) is 0.0215. The van der Waals surface area contributed by atoms with Crippen molar-refractivity contribution in [1.82, 2.24) is 0 Å². The Kier molecular flexibility index (Phi) is 32.6. The van der Waals surface area contributed by atoms with Crippen LogP contribution in [0.25, 0.3) is 0 Å². The third kappa shape index (κ3) is 21.7. The minimum Gasteiger partial charge on any atom is -0.456 e. The summed E-state index contributed by atoms with van der Waals surface area (Å²) in [7, 11) is 0. The van der Waals surface area contributed by atoms with E-state index >= 15 is 0 Å². The Morgan fingerprint density at radius 1 is 0.233 bits per heavy atom. The molecule has 0 aromatic heterocycles. The van der Waals surface area contributed by atoms with Gasteiger partial charge in [-0.05, 0) is 273 Å². The van der Waals surface area contributed by atoms with E-state index in [1.165, 1.54) is 151 Å². The second-order valence-electron chi connectivity index (χ2n) is 35.8. The summed E-state index contributed by atoms with van der Waals surface area (Å²) in [5, 5.41) is 0. The topological polar surface area (TPSA) is 98.4 Å². The van der Waals surface area contributed by atoms with E-state index in [-0.39, 0.29) is 0 Å². The zero-order chi connectivity index (χ0) is 88.0. The lowest BCUT2D eigenvalue weighted by Gasteiger charge is -2.38. The van der Waals surface area contributed by atoms with Crippen LogP contribution in [0.15, 0.2) is 287 Å². The summed E-state index contributed by atoms with van der Waals surface area (Å²) in [5.41, 5.74) is 12.0. The molecule has 0 atom stereocenters. The normalized spacial score (nSPS) is 15.2. The molecule has 8 aromatic rings. The first-order valence-electron chi connectivity index (χ1n) is 49.8. The molecule has 664 valence electrons. The van der Waals surface area contributed by atoms with Gasteiger partial charge in [0.25, 0.3) is 46.7 Å². The Hall–Kier alpha value is -11.8. The van der Waals surface area contributed by atoms with Crippen molar-refractivity contribution in [3.8, 4) is 46.0 Å². The summed E-state index contributed by atoms with van der Waals surface area (Å²) in [5.74, 6) is 10.0. The van der Waals surface area contributed by atoms with Gasteiger partial charge >= 0.3 is 5.91 Å². The molecular formula is C117H136N8O4+4. The molecule has 0 unspecified atom stereocenters. The Labute approximate surface area is 769 Å². The minimum absolute atomic E-state index is 0.679. The van der Waals surface area contributed by atoms with Crippen molar-refractivity contribution >= 4 is 46.7 Å². The highest BCUT2D eigenvalue weighted by Crippen LogP contribution is 2.52. The van der Waals surface area contributed by atoms with Gasteiger partial charge in [0.05, 0.1) is 22.3 Å². The molecular weight excluding hydrogens is 1580 g/mol. The number of amidine groups is 8. The third-order valence-electron chi connectivity index (χ3n) is 25.8. The third-order valence-corrected chi connectivity index (χ3v) is 25.8. The molecule has 0 saturated carbocycles. The van der Waals surface area contributed by atoms with Crippen LogP contribution in [0.4, 0.5) is 0 Å². The monoisotopic (exact) mass is 1720 g/mol. The van der Waals surface area contributed by atoms with E-state index < -0.39 is 5.91 Å². The number of nitrogens with zero attached hydrogens (tertiary/aromatic N) is 8. The fourth-order valence-electron chi connectivity index (χ4n) is 19.2. The SMILES string of the molecule is CCC/C=C/C/C=C/CCCCCCCc1cccc(Oc2cccc3c2C2=NC4=[N+]5C(=NC6=[N+]7C(=NC8=[N+]9C(=NC3=[N+]2C795)c2cccc(Oc3cccc(CCCCCCC/C=C/C/C=C/CCC)c3)c28)c2c(Oc3cccc(CCCCCCC/C=C/C/C=C/CCC)c3)cccc26)c2cccc(Oc3cccc(CCCCCCC/C=C/C/C=C/CCC)c3)c24)c1. The summed E-state index contributed by atoms with van der Waals surface area (Å²) >= 11 is 0. The molecule has 8 aromatic carbocycles. The van der Waals surface area contributed by atoms with E-state index in [0.717, 1.165) is 219 Å². The van der Waals surface area contributed by atoms with Gasteiger partial charge in [-0.1, -0.05) is 320 Å². The maximum absolute atomic E-state index is 7.40. The van der Waals surface area contributed by atoms with Crippen molar-refractivity contribution in [3.05, 3.63) is 334 Å². The molecule has 0 N–H and O–H groups in total. The molecule has 8 aliphatic rings. The molecule has 0 aliphatic carbocycles. The molecule has 16 rings (SSSR count). The standard InChI is InChI=1S/C117H136N8O4/c1-5-9-13-17-21-25-29-33-37-41-45-49-53-65-89-69-57-73-93(85-89)126-101-81-61-77-97-105(101)113-120-114-106-98(78-62-82-102(106)127-94-74-58-70-90(86-94)66-54-50-46-42-38-34-30-26-22-18-14-10-6-2)111-119-112-100-80-64-84-104(129-96-76-60-72-92(88-96)68-56-52-48-44-40-36-32-28-24-20-16-12-8-4)108(100)116-121-115-107-99(110-118-109(97)122(113)117(123(111)114,124(110)115)125(112)116)79-63-83-103(107)128-95-75-59-71-91(87-95)67-55-51-47-43-39-35-31-27-23-19-15-11-7-3/h13-20,25-32,57-64,69-88H,5-12,21-24,33-56,65-68H2,1-4H3/q+4/b17-13+,18-14+,19-15+,20-16+,29-25+,30-26+,31-27+,32-28+. The highest BCUT2D eigenvalue weighted by Gasteiger charge is 2.79. The van der Waals surface area contributed by atoms with Crippen molar-refractivity contribution < 1.29 is 37.2 Å². The molecule has 12 nitrogen and oxygen atoms in total. The largest absolute Gasteiger partial charge is 0.491 e. The van der Waals surface area contributed by atoms with Crippen LogP contribution >= 0.6 is 0 Å². The lowest BCUT2D eigenvalue weighted by atomic mass is 10.0. The number of ether oxygens (including phenoxy) is 4. The fourth-order valence-corrected chi connectivity index (χ4v) is 19.2. The number of benzene rings is 8. The van der Waals surface area contributed by atoms with Crippen molar-refractivity contribution in [3.63, 3.8) is 0 Å². The second kappa shape index (κ2) is 46.5. The second-order valence-corrected chi connectivity index (χ2v) is 35.8. The van der Waals surface area contributed by atoms with Gasteiger partial charge in [-0.25, -0.2) is 0 Å². The lowest BCUT2D eigenvalue weighted by Crippen LogP contribution is -2.76. The minimum atomic E-state index is -1.43. The van der Waals surface area contributed by atoms with Gasteiger partial charge in [-0.3, -0.25) is 0 Å². The van der Waals surface area contributed by atoms with E-state index in [2.05, 4.69) is 313 Å². The number of fused-ring (bicyclic) bond motifs is 12. The summed E-state index contributed by atoms with van der Waals surface area (Å²) in [6, 6.07) is 60.5. The van der Waals surface area contributed by atoms with Crippen LogP contribution in [0.2, 0.25) is 0 Å². The summed E-state index contributed by atoms with van der Waals surface area (Å²) in [6.07, 6.45) is 83.1. The van der Waals surface area contributed by atoms with Gasteiger partial charge in [0.15, 0.2) is 0 Å². The van der Waals surface area contributed by atoms with Crippen LogP contribution in [0.1, 0.15) is 326 Å². The molecule has 0 amide bonds. The zero-order valence-electron chi connectivity index (χ0n) is 77.4. The first-order chi connectivity index (χ1) is 63.9. The molecule has 0 fully saturated rings.